The van der Waals surface area contributed by atoms with E-state index in [-0.39, 0.29) is 6.03 Å². The van der Waals surface area contributed by atoms with Crippen molar-refractivity contribution in [2.75, 3.05) is 39.2 Å². The van der Waals surface area contributed by atoms with E-state index in [1.54, 1.807) is 18.2 Å². The second-order valence-electron chi connectivity index (χ2n) is 7.00. The quantitative estimate of drug-likeness (QED) is 0.615. The lowest BCUT2D eigenvalue weighted by molar-refractivity contribution is 0.245. The van der Waals surface area contributed by atoms with Gasteiger partial charge < -0.3 is 15.0 Å². The standard InChI is InChI=1S/C22H27N5O2/c1-26(2)11-12-27(20-9-7-18(8-10-20)19-15-24-25-16-19)22(28)23-14-17-5-4-6-21(13-17)29-3/h4-10,13,15-16H,11-12,14H2,1-3H3,(H,23,28)(H,24,25). The predicted molar refractivity (Wildman–Crippen MR) is 115 cm³/mol. The number of likely N-dealkylation sites (N-methyl/N-ethyl adjacent to an activating group) is 1. The summed E-state index contributed by atoms with van der Waals surface area (Å²) in [7, 11) is 5.62. The van der Waals surface area contributed by atoms with Crippen molar-refractivity contribution in [2.24, 2.45) is 0 Å². The van der Waals surface area contributed by atoms with Gasteiger partial charge in [-0.25, -0.2) is 4.79 Å². The number of aromatic amines is 1. The van der Waals surface area contributed by atoms with Crippen molar-refractivity contribution in [3.8, 4) is 16.9 Å². The first-order chi connectivity index (χ1) is 14.1. The number of hydrogen-bond acceptors (Lipinski definition) is 4. The molecule has 1 heterocycles. The van der Waals surface area contributed by atoms with Gasteiger partial charge in [0, 0.05) is 37.1 Å². The Bertz CT molecular complexity index is 907. The summed E-state index contributed by atoms with van der Waals surface area (Å²) in [5, 5.41) is 9.82. The Balaban J connectivity index is 1.72. The summed E-state index contributed by atoms with van der Waals surface area (Å²) in [6, 6.07) is 15.5. The number of rotatable bonds is 8. The second kappa shape index (κ2) is 9.75. The first-order valence-electron chi connectivity index (χ1n) is 9.49. The van der Waals surface area contributed by atoms with E-state index in [1.807, 2.05) is 68.8 Å². The summed E-state index contributed by atoms with van der Waals surface area (Å²) < 4.78 is 5.25. The third-order valence-corrected chi connectivity index (χ3v) is 4.60. The Hall–Kier alpha value is -3.32. The zero-order chi connectivity index (χ0) is 20.6. The van der Waals surface area contributed by atoms with Crippen LogP contribution in [0, 0.1) is 0 Å². The third kappa shape index (κ3) is 5.58. The van der Waals surface area contributed by atoms with Crippen molar-refractivity contribution in [1.29, 1.82) is 0 Å². The lowest BCUT2D eigenvalue weighted by Gasteiger charge is -2.25. The maximum Gasteiger partial charge on any atom is 0.322 e. The molecule has 0 aliphatic heterocycles. The minimum Gasteiger partial charge on any atom is -0.497 e. The molecule has 0 saturated heterocycles. The molecule has 3 aromatic rings. The molecule has 0 spiro atoms. The monoisotopic (exact) mass is 393 g/mol. The van der Waals surface area contributed by atoms with Crippen molar-refractivity contribution in [3.63, 3.8) is 0 Å². The van der Waals surface area contributed by atoms with Crippen LogP contribution in [-0.4, -0.2) is 55.4 Å². The van der Waals surface area contributed by atoms with Gasteiger partial charge in [0.15, 0.2) is 0 Å². The molecule has 0 aliphatic carbocycles. The highest BCUT2D eigenvalue weighted by atomic mass is 16.5. The molecule has 0 saturated carbocycles. The summed E-state index contributed by atoms with van der Waals surface area (Å²) in [5.41, 5.74) is 3.90. The summed E-state index contributed by atoms with van der Waals surface area (Å²) in [6.45, 7) is 1.78. The highest BCUT2D eigenvalue weighted by Crippen LogP contribution is 2.22. The number of amides is 2. The summed E-state index contributed by atoms with van der Waals surface area (Å²) in [5.74, 6) is 0.774. The molecule has 7 heteroatoms. The minimum absolute atomic E-state index is 0.134. The largest absolute Gasteiger partial charge is 0.497 e. The fourth-order valence-corrected chi connectivity index (χ4v) is 2.95. The molecule has 2 amide bonds. The Morgan fingerprint density at radius 3 is 2.55 bits per heavy atom. The van der Waals surface area contributed by atoms with Crippen LogP contribution in [0.2, 0.25) is 0 Å². The molecule has 0 aliphatic rings. The van der Waals surface area contributed by atoms with E-state index in [4.69, 9.17) is 4.74 Å². The maximum atomic E-state index is 12.9. The molecular weight excluding hydrogens is 366 g/mol. The number of carbonyl (C=O) groups is 1. The number of nitrogens with one attached hydrogen (secondary N) is 2. The topological polar surface area (TPSA) is 73.5 Å². The van der Waals surface area contributed by atoms with E-state index < -0.39 is 0 Å². The average molecular weight is 393 g/mol. The number of urea groups is 1. The molecule has 0 radical (unpaired) electrons. The molecule has 1 aromatic heterocycles. The van der Waals surface area contributed by atoms with Crippen molar-refractivity contribution in [2.45, 2.75) is 6.54 Å². The number of hydrogen-bond donors (Lipinski definition) is 2. The second-order valence-corrected chi connectivity index (χ2v) is 7.00. The van der Waals surface area contributed by atoms with Crippen LogP contribution in [-0.2, 0) is 6.54 Å². The smallest absolute Gasteiger partial charge is 0.322 e. The number of H-pyrrole nitrogens is 1. The highest BCUT2D eigenvalue weighted by molar-refractivity contribution is 5.92. The zero-order valence-corrected chi connectivity index (χ0v) is 17.1. The lowest BCUT2D eigenvalue weighted by Crippen LogP contribution is -2.43. The van der Waals surface area contributed by atoms with Crippen LogP contribution in [0.4, 0.5) is 10.5 Å². The number of carbonyl (C=O) groups excluding carboxylic acids is 1. The van der Waals surface area contributed by atoms with Gasteiger partial charge in [-0.05, 0) is 49.5 Å². The van der Waals surface area contributed by atoms with Crippen LogP contribution in [0.25, 0.3) is 11.1 Å². The van der Waals surface area contributed by atoms with E-state index >= 15 is 0 Å². The van der Waals surface area contributed by atoms with Crippen molar-refractivity contribution in [3.05, 3.63) is 66.5 Å². The molecule has 2 N–H and O–H groups in total. The van der Waals surface area contributed by atoms with E-state index in [2.05, 4.69) is 20.4 Å². The number of nitrogens with zero attached hydrogens (tertiary/aromatic N) is 3. The minimum atomic E-state index is -0.134. The van der Waals surface area contributed by atoms with E-state index in [0.29, 0.717) is 13.1 Å². The molecule has 0 fully saturated rings. The molecular formula is C22H27N5O2. The van der Waals surface area contributed by atoms with Gasteiger partial charge in [0.05, 0.1) is 13.3 Å². The molecule has 0 atom stereocenters. The summed E-state index contributed by atoms with van der Waals surface area (Å²) in [4.78, 5) is 16.8. The first-order valence-corrected chi connectivity index (χ1v) is 9.49. The Morgan fingerprint density at radius 1 is 1.10 bits per heavy atom. The van der Waals surface area contributed by atoms with E-state index in [1.165, 1.54) is 0 Å². The molecule has 3 rings (SSSR count). The number of anilines is 1. The molecule has 29 heavy (non-hydrogen) atoms. The van der Waals surface area contributed by atoms with Crippen LogP contribution >= 0.6 is 0 Å². The molecule has 7 nitrogen and oxygen atoms in total. The van der Waals surface area contributed by atoms with Gasteiger partial charge >= 0.3 is 6.03 Å². The van der Waals surface area contributed by atoms with Crippen molar-refractivity contribution < 1.29 is 9.53 Å². The van der Waals surface area contributed by atoms with Crippen molar-refractivity contribution >= 4 is 11.7 Å². The van der Waals surface area contributed by atoms with Gasteiger partial charge in [0.2, 0.25) is 0 Å². The third-order valence-electron chi connectivity index (χ3n) is 4.60. The van der Waals surface area contributed by atoms with Gasteiger partial charge in [-0.15, -0.1) is 0 Å². The Kier molecular flexibility index (Phi) is 6.86. The normalized spacial score (nSPS) is 10.8. The molecule has 0 unspecified atom stereocenters. The average Bonchev–Trinajstić information content (AvgIpc) is 3.28. The van der Waals surface area contributed by atoms with Gasteiger partial charge in [-0.3, -0.25) is 10.00 Å². The Labute approximate surface area is 171 Å². The van der Waals surface area contributed by atoms with Gasteiger partial charge in [-0.2, -0.15) is 5.10 Å². The van der Waals surface area contributed by atoms with Crippen molar-refractivity contribution in [1.82, 2.24) is 20.4 Å². The van der Waals surface area contributed by atoms with Gasteiger partial charge in [-0.1, -0.05) is 24.3 Å². The Morgan fingerprint density at radius 2 is 1.90 bits per heavy atom. The zero-order valence-electron chi connectivity index (χ0n) is 17.1. The molecule has 0 bridgehead atoms. The predicted octanol–water partition coefficient (Wildman–Crippen LogP) is 3.36. The summed E-state index contributed by atoms with van der Waals surface area (Å²) >= 11 is 0. The molecule has 2 aromatic carbocycles. The fraction of sp³-hybridized carbons (Fsp3) is 0.273. The lowest BCUT2D eigenvalue weighted by atomic mass is 10.1. The van der Waals surface area contributed by atoms with Crippen LogP contribution in [0.1, 0.15) is 5.56 Å². The summed E-state index contributed by atoms with van der Waals surface area (Å²) in [6.07, 6.45) is 3.62. The maximum absolute atomic E-state index is 12.9. The van der Waals surface area contributed by atoms with Gasteiger partial charge in [0.25, 0.3) is 0 Å². The van der Waals surface area contributed by atoms with E-state index in [9.17, 15) is 4.79 Å². The van der Waals surface area contributed by atoms with E-state index in [0.717, 1.165) is 34.7 Å². The highest BCUT2D eigenvalue weighted by Gasteiger charge is 2.16. The number of benzene rings is 2. The number of methoxy groups -OCH3 is 1. The fourth-order valence-electron chi connectivity index (χ4n) is 2.95. The SMILES string of the molecule is COc1cccc(CNC(=O)N(CCN(C)C)c2ccc(-c3cn[nH]c3)cc2)c1. The van der Waals surface area contributed by atoms with Crippen LogP contribution in [0.3, 0.4) is 0 Å². The molecule has 152 valence electrons. The number of aromatic nitrogens is 2. The van der Waals surface area contributed by atoms with Crippen LogP contribution < -0.4 is 15.0 Å². The van der Waals surface area contributed by atoms with Crippen LogP contribution in [0.5, 0.6) is 5.75 Å². The first kappa shape index (κ1) is 20.4. The number of ether oxygens (including phenoxy) is 1. The van der Waals surface area contributed by atoms with Gasteiger partial charge in [0.1, 0.15) is 5.75 Å². The van der Waals surface area contributed by atoms with Crippen LogP contribution in [0.15, 0.2) is 60.9 Å².